The highest BCUT2D eigenvalue weighted by Gasteiger charge is 2.34. The van der Waals surface area contributed by atoms with Crippen LogP contribution in [0.5, 0.6) is 11.5 Å². The molecule has 226 valence electrons. The number of piperazine rings is 1. The maximum Gasteiger partial charge on any atom is 0.416 e. The van der Waals surface area contributed by atoms with Crippen molar-refractivity contribution in [3.05, 3.63) is 88.2 Å². The van der Waals surface area contributed by atoms with Crippen LogP contribution in [0.4, 0.5) is 13.2 Å². The van der Waals surface area contributed by atoms with E-state index < -0.39 is 11.7 Å². The quantitative estimate of drug-likeness (QED) is 0.288. The summed E-state index contributed by atoms with van der Waals surface area (Å²) < 4.78 is 48.5. The van der Waals surface area contributed by atoms with Gasteiger partial charge in [-0.15, -0.1) is 0 Å². The van der Waals surface area contributed by atoms with E-state index in [2.05, 4.69) is 26.7 Å². The van der Waals surface area contributed by atoms with Crippen LogP contribution in [0, 0.1) is 6.92 Å². The fourth-order valence-electron chi connectivity index (χ4n) is 6.09. The lowest BCUT2D eigenvalue weighted by Gasteiger charge is -2.34. The second-order valence-electron chi connectivity index (χ2n) is 11.5. The number of ether oxygens (including phenoxy) is 1. The van der Waals surface area contributed by atoms with Crippen molar-refractivity contribution in [2.75, 3.05) is 39.3 Å². The number of amides is 1. The van der Waals surface area contributed by atoms with Crippen LogP contribution in [-0.4, -0.2) is 69.8 Å². The number of halogens is 3. The molecule has 0 radical (unpaired) electrons. The van der Waals surface area contributed by atoms with Gasteiger partial charge in [0.15, 0.2) is 0 Å². The van der Waals surface area contributed by atoms with Gasteiger partial charge in [0.2, 0.25) is 5.91 Å². The average Bonchev–Trinajstić information content (AvgIpc) is 3.38. The number of alkyl halides is 3. The summed E-state index contributed by atoms with van der Waals surface area (Å²) in [5.41, 5.74) is 3.84. The molecule has 0 aliphatic carbocycles. The topological polar surface area (TPSA) is 64.7 Å². The molecule has 2 aliphatic heterocycles. The van der Waals surface area contributed by atoms with E-state index in [4.69, 9.17) is 4.74 Å². The molecule has 1 fully saturated rings. The van der Waals surface area contributed by atoms with E-state index in [9.17, 15) is 18.0 Å². The predicted molar refractivity (Wildman–Crippen MR) is 159 cm³/mol. The van der Waals surface area contributed by atoms with Gasteiger partial charge in [-0.2, -0.15) is 13.2 Å². The number of nitrogens with one attached hydrogen (secondary N) is 1. The maximum atomic E-state index is 14.1. The fourth-order valence-corrected chi connectivity index (χ4v) is 6.09. The Bertz CT molecular complexity index is 1620. The highest BCUT2D eigenvalue weighted by atomic mass is 19.4. The van der Waals surface area contributed by atoms with Gasteiger partial charge >= 0.3 is 6.18 Å². The van der Waals surface area contributed by atoms with Gasteiger partial charge in [0.25, 0.3) is 0 Å². The van der Waals surface area contributed by atoms with Gasteiger partial charge in [-0.1, -0.05) is 25.1 Å². The third-order valence-corrected chi connectivity index (χ3v) is 8.54. The van der Waals surface area contributed by atoms with Crippen molar-refractivity contribution in [2.45, 2.75) is 46.0 Å². The van der Waals surface area contributed by atoms with Crippen LogP contribution in [0.15, 0.2) is 54.7 Å². The van der Waals surface area contributed by atoms with Crippen LogP contribution in [0.3, 0.4) is 0 Å². The molecular formula is C33H36F3N5O2. The Morgan fingerprint density at radius 3 is 2.53 bits per heavy atom. The molecule has 10 heteroatoms. The molecule has 6 rings (SSSR count). The molecule has 7 nitrogen and oxygen atoms in total. The first-order chi connectivity index (χ1) is 20.7. The smallest absolute Gasteiger partial charge is 0.416 e. The standard InChI is InChI=1S/C33H36F3N5O2/c1-3-39-12-14-40(15-13-39)20-25-5-4-23(17-29(25)33(34,35)36)18-31(42)41-11-9-24-6-7-27(19-26(24)21-41)43-30-8-10-37-32-28(30)16-22(2)38-32/h4-8,10,16-17,19H,3,9,11-15,18,20-21H2,1-2H3,(H,37,38). The molecule has 4 heterocycles. The zero-order valence-electron chi connectivity index (χ0n) is 24.5. The van der Waals surface area contributed by atoms with Gasteiger partial charge in [0.05, 0.1) is 17.4 Å². The molecule has 2 aromatic heterocycles. The third-order valence-electron chi connectivity index (χ3n) is 8.54. The van der Waals surface area contributed by atoms with Crippen molar-refractivity contribution in [2.24, 2.45) is 0 Å². The largest absolute Gasteiger partial charge is 0.457 e. The van der Waals surface area contributed by atoms with Crippen molar-refractivity contribution in [3.63, 3.8) is 0 Å². The van der Waals surface area contributed by atoms with E-state index in [0.29, 0.717) is 36.6 Å². The number of aromatic amines is 1. The average molecular weight is 592 g/mol. The van der Waals surface area contributed by atoms with Crippen LogP contribution in [0.1, 0.15) is 40.4 Å². The lowest BCUT2D eigenvalue weighted by atomic mass is 9.97. The number of aryl methyl sites for hydroxylation is 1. The van der Waals surface area contributed by atoms with Crippen LogP contribution in [0.25, 0.3) is 11.0 Å². The molecule has 0 spiro atoms. The lowest BCUT2D eigenvalue weighted by Crippen LogP contribution is -2.45. The van der Waals surface area contributed by atoms with Crippen molar-refractivity contribution in [1.29, 1.82) is 0 Å². The molecule has 2 aliphatic rings. The second kappa shape index (κ2) is 12.0. The van der Waals surface area contributed by atoms with E-state index in [0.717, 1.165) is 66.6 Å². The number of aromatic nitrogens is 2. The molecule has 43 heavy (non-hydrogen) atoms. The van der Waals surface area contributed by atoms with Gasteiger partial charge < -0.3 is 19.5 Å². The number of carbonyl (C=O) groups excluding carboxylic acids is 1. The summed E-state index contributed by atoms with van der Waals surface area (Å²) in [6.45, 7) is 9.37. The number of fused-ring (bicyclic) bond motifs is 2. The van der Waals surface area contributed by atoms with Crippen molar-refractivity contribution >= 4 is 16.9 Å². The summed E-state index contributed by atoms with van der Waals surface area (Å²) in [6, 6.07) is 14.1. The first kappa shape index (κ1) is 29.2. The molecule has 2 aromatic carbocycles. The van der Waals surface area contributed by atoms with E-state index in [-0.39, 0.29) is 24.4 Å². The van der Waals surface area contributed by atoms with Gasteiger partial charge in [0.1, 0.15) is 17.1 Å². The number of rotatable bonds is 7. The SMILES string of the molecule is CCN1CCN(Cc2ccc(CC(=O)N3CCc4ccc(Oc5ccnc6[nH]c(C)cc56)cc4C3)cc2C(F)(F)F)CC1. The minimum absolute atomic E-state index is 0.0775. The number of benzene rings is 2. The first-order valence-corrected chi connectivity index (χ1v) is 14.8. The molecule has 4 aromatic rings. The highest BCUT2D eigenvalue weighted by molar-refractivity contribution is 5.83. The van der Waals surface area contributed by atoms with E-state index in [1.807, 2.05) is 37.3 Å². The Hall–Kier alpha value is -3.89. The molecule has 0 bridgehead atoms. The molecule has 1 N–H and O–H groups in total. The van der Waals surface area contributed by atoms with Gasteiger partial charge in [0, 0.05) is 57.7 Å². The van der Waals surface area contributed by atoms with Gasteiger partial charge in [-0.25, -0.2) is 4.98 Å². The zero-order valence-corrected chi connectivity index (χ0v) is 24.5. The van der Waals surface area contributed by atoms with Crippen molar-refractivity contribution in [1.82, 2.24) is 24.7 Å². The third kappa shape index (κ3) is 6.55. The summed E-state index contributed by atoms with van der Waals surface area (Å²) in [6.07, 6.45) is -2.20. The van der Waals surface area contributed by atoms with Gasteiger partial charge in [-0.3, -0.25) is 9.69 Å². The summed E-state index contributed by atoms with van der Waals surface area (Å²) in [4.78, 5) is 27.0. The highest BCUT2D eigenvalue weighted by Crippen LogP contribution is 2.35. The van der Waals surface area contributed by atoms with Crippen LogP contribution >= 0.6 is 0 Å². The van der Waals surface area contributed by atoms with Crippen LogP contribution in [0.2, 0.25) is 0 Å². The van der Waals surface area contributed by atoms with Crippen LogP contribution in [-0.2, 0) is 36.9 Å². The van der Waals surface area contributed by atoms with Crippen LogP contribution < -0.4 is 4.74 Å². The Morgan fingerprint density at radius 2 is 1.77 bits per heavy atom. The minimum Gasteiger partial charge on any atom is -0.457 e. The van der Waals surface area contributed by atoms with E-state index in [1.54, 1.807) is 23.2 Å². The Morgan fingerprint density at radius 1 is 0.977 bits per heavy atom. The normalized spacial score (nSPS) is 16.4. The molecule has 0 saturated carbocycles. The van der Waals surface area contributed by atoms with E-state index >= 15 is 0 Å². The van der Waals surface area contributed by atoms with Gasteiger partial charge in [-0.05, 0) is 72.5 Å². The Balaban J connectivity index is 1.14. The zero-order chi connectivity index (χ0) is 30.1. The molecule has 0 unspecified atom stereocenters. The number of likely N-dealkylation sites (N-methyl/N-ethyl adjacent to an activating group) is 1. The Labute approximate surface area is 249 Å². The summed E-state index contributed by atoms with van der Waals surface area (Å²) >= 11 is 0. The second-order valence-corrected chi connectivity index (χ2v) is 11.5. The number of hydrogen-bond acceptors (Lipinski definition) is 5. The number of pyridine rings is 1. The molecular weight excluding hydrogens is 555 g/mol. The molecule has 1 amide bonds. The summed E-state index contributed by atoms with van der Waals surface area (Å²) in [5, 5.41) is 0.887. The van der Waals surface area contributed by atoms with Crippen molar-refractivity contribution in [3.8, 4) is 11.5 Å². The maximum absolute atomic E-state index is 14.1. The van der Waals surface area contributed by atoms with E-state index in [1.165, 1.54) is 0 Å². The first-order valence-electron chi connectivity index (χ1n) is 14.8. The minimum atomic E-state index is -4.49. The van der Waals surface area contributed by atoms with Crippen molar-refractivity contribution < 1.29 is 22.7 Å². The number of carbonyl (C=O) groups is 1. The lowest BCUT2D eigenvalue weighted by molar-refractivity contribution is -0.138. The number of hydrogen-bond donors (Lipinski definition) is 1. The number of nitrogens with zero attached hydrogens (tertiary/aromatic N) is 4. The predicted octanol–water partition coefficient (Wildman–Crippen LogP) is 5.95. The summed E-state index contributed by atoms with van der Waals surface area (Å²) in [7, 11) is 0. The molecule has 0 atom stereocenters. The molecule has 1 saturated heterocycles. The monoisotopic (exact) mass is 591 g/mol. The summed E-state index contributed by atoms with van der Waals surface area (Å²) in [5.74, 6) is 1.15. The number of H-pyrrole nitrogens is 1. The Kier molecular flexibility index (Phi) is 8.15. The fraction of sp³-hybridized carbons (Fsp3) is 0.394.